The van der Waals surface area contributed by atoms with Crippen molar-refractivity contribution < 1.29 is 13.5 Å². The summed E-state index contributed by atoms with van der Waals surface area (Å²) in [4.78, 5) is 2.25. The van der Waals surface area contributed by atoms with Crippen LogP contribution in [0.25, 0.3) is 0 Å². The van der Waals surface area contributed by atoms with Crippen LogP contribution in [0.15, 0.2) is 29.2 Å². The average Bonchev–Trinajstić information content (AvgIpc) is 2.87. The maximum Gasteiger partial charge on any atom is 0.242 e. The fourth-order valence-electron chi connectivity index (χ4n) is 2.37. The highest BCUT2D eigenvalue weighted by atomic mass is 32.2. The summed E-state index contributed by atoms with van der Waals surface area (Å²) >= 11 is 0. The van der Waals surface area contributed by atoms with Crippen LogP contribution in [0.5, 0.6) is 0 Å². The van der Waals surface area contributed by atoms with Gasteiger partial charge in [0.15, 0.2) is 0 Å². The van der Waals surface area contributed by atoms with Crippen molar-refractivity contribution in [2.75, 3.05) is 25.1 Å². The number of hydrogen-bond donors (Lipinski definition) is 2. The number of nitrogens with zero attached hydrogens (tertiary/aromatic N) is 1. The first-order valence-electron chi connectivity index (χ1n) is 6.00. The van der Waals surface area contributed by atoms with Crippen LogP contribution < -0.4 is 9.62 Å². The number of sulfonamides is 1. The van der Waals surface area contributed by atoms with Gasteiger partial charge in [-0.2, -0.15) is 0 Å². The SMILES string of the molecule is CNS(=O)(=O)c1ccccc1N1CCCC1CO. The minimum Gasteiger partial charge on any atom is -0.394 e. The van der Waals surface area contributed by atoms with E-state index < -0.39 is 10.0 Å². The Morgan fingerprint density at radius 1 is 1.44 bits per heavy atom. The highest BCUT2D eigenvalue weighted by molar-refractivity contribution is 7.89. The quantitative estimate of drug-likeness (QED) is 0.838. The topological polar surface area (TPSA) is 69.6 Å². The predicted molar refractivity (Wildman–Crippen MR) is 70.1 cm³/mol. The molecule has 1 atom stereocenters. The molecule has 1 saturated heterocycles. The highest BCUT2D eigenvalue weighted by Crippen LogP contribution is 2.30. The summed E-state index contributed by atoms with van der Waals surface area (Å²) in [5.41, 5.74) is 0.670. The Kier molecular flexibility index (Phi) is 3.89. The van der Waals surface area contributed by atoms with Gasteiger partial charge in [0.2, 0.25) is 10.0 Å². The molecule has 0 aliphatic carbocycles. The molecule has 0 radical (unpaired) electrons. The molecular weight excluding hydrogens is 252 g/mol. The lowest BCUT2D eigenvalue weighted by atomic mass is 10.2. The first kappa shape index (κ1) is 13.3. The molecule has 1 aliphatic heterocycles. The molecule has 1 aliphatic rings. The van der Waals surface area contributed by atoms with Crippen molar-refractivity contribution in [3.8, 4) is 0 Å². The van der Waals surface area contributed by atoms with Crippen molar-refractivity contribution in [3.63, 3.8) is 0 Å². The summed E-state index contributed by atoms with van der Waals surface area (Å²) in [6.45, 7) is 0.829. The van der Waals surface area contributed by atoms with Gasteiger partial charge in [-0.15, -0.1) is 0 Å². The van der Waals surface area contributed by atoms with Crippen molar-refractivity contribution >= 4 is 15.7 Å². The Morgan fingerprint density at radius 3 is 2.83 bits per heavy atom. The van der Waals surface area contributed by atoms with E-state index in [0.717, 1.165) is 19.4 Å². The highest BCUT2D eigenvalue weighted by Gasteiger charge is 2.28. The summed E-state index contributed by atoms with van der Waals surface area (Å²) in [7, 11) is -2.07. The van der Waals surface area contributed by atoms with Crippen LogP contribution in [0.2, 0.25) is 0 Å². The minimum absolute atomic E-state index is 0.0122. The Labute approximate surface area is 107 Å². The summed E-state index contributed by atoms with van der Waals surface area (Å²) in [6.07, 6.45) is 1.86. The molecule has 18 heavy (non-hydrogen) atoms. The van der Waals surface area contributed by atoms with Crippen molar-refractivity contribution in [2.45, 2.75) is 23.8 Å². The van der Waals surface area contributed by atoms with E-state index >= 15 is 0 Å². The van der Waals surface area contributed by atoms with E-state index in [1.54, 1.807) is 18.2 Å². The summed E-state index contributed by atoms with van der Waals surface area (Å²) in [5, 5.41) is 9.34. The van der Waals surface area contributed by atoms with E-state index in [2.05, 4.69) is 4.72 Å². The van der Waals surface area contributed by atoms with Gasteiger partial charge in [-0.1, -0.05) is 12.1 Å². The molecule has 100 valence electrons. The van der Waals surface area contributed by atoms with Gasteiger partial charge >= 0.3 is 0 Å². The van der Waals surface area contributed by atoms with E-state index in [9.17, 15) is 13.5 Å². The lowest BCUT2D eigenvalue weighted by Crippen LogP contribution is -2.34. The van der Waals surface area contributed by atoms with Gasteiger partial charge < -0.3 is 10.0 Å². The molecule has 1 aromatic carbocycles. The third-order valence-electron chi connectivity index (χ3n) is 3.32. The van der Waals surface area contributed by atoms with E-state index in [1.807, 2.05) is 11.0 Å². The van der Waals surface area contributed by atoms with Crippen molar-refractivity contribution in [1.29, 1.82) is 0 Å². The standard InChI is InChI=1S/C12H18N2O3S/c1-13-18(16,17)12-7-3-2-6-11(12)14-8-4-5-10(14)9-15/h2-3,6-7,10,13,15H,4-5,8-9H2,1H3. The molecule has 2 rings (SSSR count). The smallest absolute Gasteiger partial charge is 0.242 e. The third kappa shape index (κ3) is 2.36. The van der Waals surface area contributed by atoms with Gasteiger partial charge in [-0.05, 0) is 32.0 Å². The van der Waals surface area contributed by atoms with Gasteiger partial charge in [-0.25, -0.2) is 13.1 Å². The minimum atomic E-state index is -3.47. The number of aliphatic hydroxyl groups excluding tert-OH is 1. The molecule has 1 unspecified atom stereocenters. The fourth-order valence-corrected chi connectivity index (χ4v) is 3.31. The molecule has 6 heteroatoms. The molecule has 2 N–H and O–H groups in total. The first-order valence-corrected chi connectivity index (χ1v) is 7.48. The second-order valence-electron chi connectivity index (χ2n) is 4.35. The van der Waals surface area contributed by atoms with Crippen LogP contribution in [-0.4, -0.2) is 39.8 Å². The van der Waals surface area contributed by atoms with Crippen LogP contribution in [0, 0.1) is 0 Å². The zero-order valence-corrected chi connectivity index (χ0v) is 11.2. The van der Waals surface area contributed by atoms with E-state index in [1.165, 1.54) is 7.05 Å². The molecule has 0 amide bonds. The average molecular weight is 270 g/mol. The van der Waals surface area contributed by atoms with Gasteiger partial charge in [-0.3, -0.25) is 0 Å². The van der Waals surface area contributed by atoms with Crippen molar-refractivity contribution in [3.05, 3.63) is 24.3 Å². The van der Waals surface area contributed by atoms with Crippen LogP contribution in [0.4, 0.5) is 5.69 Å². The lowest BCUT2D eigenvalue weighted by Gasteiger charge is -2.27. The molecule has 0 bridgehead atoms. The molecule has 1 heterocycles. The Morgan fingerprint density at radius 2 is 2.17 bits per heavy atom. The number of anilines is 1. The van der Waals surface area contributed by atoms with Crippen LogP contribution >= 0.6 is 0 Å². The molecular formula is C12H18N2O3S. The summed E-state index contributed by atoms with van der Waals surface area (Å²) < 4.78 is 26.3. The third-order valence-corrected chi connectivity index (χ3v) is 4.78. The molecule has 1 fully saturated rings. The molecule has 5 nitrogen and oxygen atoms in total. The Hall–Kier alpha value is -1.11. The normalized spacial score (nSPS) is 20.3. The number of aliphatic hydroxyl groups is 1. The number of nitrogens with one attached hydrogen (secondary N) is 1. The molecule has 0 aromatic heterocycles. The largest absolute Gasteiger partial charge is 0.394 e. The Bertz CT molecular complexity index is 516. The Balaban J connectivity index is 2.45. The van der Waals surface area contributed by atoms with E-state index in [-0.39, 0.29) is 17.5 Å². The number of benzene rings is 1. The van der Waals surface area contributed by atoms with Gasteiger partial charge in [0.1, 0.15) is 4.90 Å². The van der Waals surface area contributed by atoms with Crippen LogP contribution in [0.1, 0.15) is 12.8 Å². The second kappa shape index (κ2) is 5.26. The first-order chi connectivity index (χ1) is 8.60. The zero-order valence-electron chi connectivity index (χ0n) is 10.3. The molecule has 0 spiro atoms. The van der Waals surface area contributed by atoms with E-state index in [0.29, 0.717) is 5.69 Å². The number of hydrogen-bond acceptors (Lipinski definition) is 4. The molecule has 0 saturated carbocycles. The van der Waals surface area contributed by atoms with Crippen LogP contribution in [-0.2, 0) is 10.0 Å². The maximum absolute atomic E-state index is 12.0. The maximum atomic E-state index is 12.0. The number of para-hydroxylation sites is 1. The predicted octanol–water partition coefficient (Wildman–Crippen LogP) is 0.556. The van der Waals surface area contributed by atoms with E-state index in [4.69, 9.17) is 0 Å². The molecule has 1 aromatic rings. The van der Waals surface area contributed by atoms with Gasteiger partial charge in [0.25, 0.3) is 0 Å². The fraction of sp³-hybridized carbons (Fsp3) is 0.500. The zero-order chi connectivity index (χ0) is 13.2. The van der Waals surface area contributed by atoms with Gasteiger partial charge in [0.05, 0.1) is 18.3 Å². The monoisotopic (exact) mass is 270 g/mol. The lowest BCUT2D eigenvalue weighted by molar-refractivity contribution is 0.266. The summed E-state index contributed by atoms with van der Waals surface area (Å²) in [6, 6.07) is 6.92. The second-order valence-corrected chi connectivity index (χ2v) is 6.20. The van der Waals surface area contributed by atoms with Crippen molar-refractivity contribution in [1.82, 2.24) is 4.72 Å². The van der Waals surface area contributed by atoms with Gasteiger partial charge in [0, 0.05) is 6.54 Å². The van der Waals surface area contributed by atoms with Crippen molar-refractivity contribution in [2.24, 2.45) is 0 Å². The summed E-state index contributed by atoms with van der Waals surface area (Å²) in [5.74, 6) is 0. The van der Waals surface area contributed by atoms with Crippen LogP contribution in [0.3, 0.4) is 0 Å². The number of rotatable bonds is 4.